The second kappa shape index (κ2) is 4.17. The minimum absolute atomic E-state index is 0.428. The topological polar surface area (TPSA) is 58.9 Å². The zero-order chi connectivity index (χ0) is 9.84. The van der Waals surface area contributed by atoms with Gasteiger partial charge >= 0.3 is 7.32 Å². The minimum Gasteiger partial charge on any atom is -0.508 e. The highest BCUT2D eigenvalue weighted by atomic mass is 19.1. The SMILES string of the molecule is OOB(O)Oc1ccc(F)cc1F. The molecule has 0 spiro atoms. The molecule has 0 heterocycles. The Morgan fingerprint density at radius 2 is 2.00 bits per heavy atom. The summed E-state index contributed by atoms with van der Waals surface area (Å²) in [6, 6.07) is 2.45. The molecule has 70 valence electrons. The van der Waals surface area contributed by atoms with Gasteiger partial charge in [-0.3, -0.25) is 5.26 Å². The van der Waals surface area contributed by atoms with E-state index in [9.17, 15) is 8.78 Å². The highest BCUT2D eigenvalue weighted by Gasteiger charge is 2.20. The predicted molar refractivity (Wildman–Crippen MR) is 38.7 cm³/mol. The fraction of sp³-hybridized carbons (Fsp3) is 0. The summed E-state index contributed by atoms with van der Waals surface area (Å²) in [6.07, 6.45) is 0. The molecule has 0 amide bonds. The monoisotopic (exact) mass is 190 g/mol. The van der Waals surface area contributed by atoms with Crippen LogP contribution >= 0.6 is 0 Å². The minimum atomic E-state index is -2.00. The maximum atomic E-state index is 12.7. The first-order chi connectivity index (χ1) is 6.13. The lowest BCUT2D eigenvalue weighted by Gasteiger charge is -2.06. The van der Waals surface area contributed by atoms with Crippen LogP contribution in [0.1, 0.15) is 0 Å². The standard InChI is InChI=1S/C6H5BF2O4/c8-4-1-2-6(5(9)3-4)12-7(10)13-11/h1-3,10-11H. The lowest BCUT2D eigenvalue weighted by Crippen LogP contribution is -2.24. The van der Waals surface area contributed by atoms with Crippen LogP contribution in [0.5, 0.6) is 5.75 Å². The van der Waals surface area contributed by atoms with Crippen LogP contribution in [0, 0.1) is 11.6 Å². The summed E-state index contributed by atoms with van der Waals surface area (Å²) in [5.74, 6) is -2.21. The van der Waals surface area contributed by atoms with Crippen LogP contribution in [0.4, 0.5) is 8.78 Å². The summed E-state index contributed by atoms with van der Waals surface area (Å²) < 4.78 is 29.4. The summed E-state index contributed by atoms with van der Waals surface area (Å²) in [5, 5.41) is 16.4. The molecule has 0 aliphatic heterocycles. The molecule has 0 fully saturated rings. The lowest BCUT2D eigenvalue weighted by atomic mass is 10.2. The molecular formula is C6H5BF2O4. The van der Waals surface area contributed by atoms with Crippen LogP contribution in [0.15, 0.2) is 18.2 Å². The van der Waals surface area contributed by atoms with Crippen molar-refractivity contribution in [2.45, 2.75) is 0 Å². The smallest absolute Gasteiger partial charge is 0.508 e. The Bertz CT molecular complexity index is 296. The first kappa shape index (κ1) is 9.91. The van der Waals surface area contributed by atoms with Gasteiger partial charge in [-0.05, 0) is 12.1 Å². The Kier molecular flexibility index (Phi) is 3.18. The van der Waals surface area contributed by atoms with Crippen LogP contribution < -0.4 is 4.65 Å². The molecule has 0 saturated carbocycles. The predicted octanol–water partition coefficient (Wildman–Crippen LogP) is 0.810. The van der Waals surface area contributed by atoms with Crippen LogP contribution in [0.3, 0.4) is 0 Å². The van der Waals surface area contributed by atoms with Crippen LogP contribution in [0.25, 0.3) is 0 Å². The second-order valence-electron chi connectivity index (χ2n) is 2.11. The molecule has 1 aromatic rings. The first-order valence-electron chi connectivity index (χ1n) is 3.23. The van der Waals surface area contributed by atoms with E-state index in [0.717, 1.165) is 12.1 Å². The molecule has 0 radical (unpaired) electrons. The van der Waals surface area contributed by atoms with Crippen molar-refractivity contribution in [3.63, 3.8) is 0 Å². The summed E-state index contributed by atoms with van der Waals surface area (Å²) in [7, 11) is -2.00. The molecule has 1 aromatic carbocycles. The number of rotatable bonds is 3. The Morgan fingerprint density at radius 3 is 2.54 bits per heavy atom. The molecule has 0 unspecified atom stereocenters. The van der Waals surface area contributed by atoms with E-state index in [0.29, 0.717) is 6.07 Å². The number of benzene rings is 1. The molecule has 4 nitrogen and oxygen atoms in total. The fourth-order valence-corrected chi connectivity index (χ4v) is 0.701. The van der Waals surface area contributed by atoms with Gasteiger partial charge < -0.3 is 9.68 Å². The van der Waals surface area contributed by atoms with Gasteiger partial charge in [-0.2, -0.15) is 0 Å². The van der Waals surface area contributed by atoms with Gasteiger partial charge in [0.25, 0.3) is 0 Å². The average Bonchev–Trinajstić information content (AvgIpc) is 2.09. The van der Waals surface area contributed by atoms with E-state index in [-0.39, 0.29) is 0 Å². The Balaban J connectivity index is 2.77. The van der Waals surface area contributed by atoms with Crippen LogP contribution in [0.2, 0.25) is 0 Å². The molecule has 0 atom stereocenters. The second-order valence-corrected chi connectivity index (χ2v) is 2.11. The van der Waals surface area contributed by atoms with Gasteiger partial charge in [0.2, 0.25) is 0 Å². The van der Waals surface area contributed by atoms with E-state index in [1.165, 1.54) is 0 Å². The van der Waals surface area contributed by atoms with Gasteiger partial charge in [-0.25, -0.2) is 13.6 Å². The van der Waals surface area contributed by atoms with E-state index in [1.807, 2.05) is 0 Å². The Morgan fingerprint density at radius 1 is 1.31 bits per heavy atom. The molecule has 0 aromatic heterocycles. The third kappa shape index (κ3) is 2.65. The van der Waals surface area contributed by atoms with Gasteiger partial charge in [0.15, 0.2) is 5.82 Å². The van der Waals surface area contributed by atoms with Gasteiger partial charge in [-0.1, -0.05) is 0 Å². The van der Waals surface area contributed by atoms with Crippen LogP contribution in [-0.2, 0) is 4.81 Å². The van der Waals surface area contributed by atoms with Gasteiger partial charge in [-0.15, -0.1) is 0 Å². The quantitative estimate of drug-likeness (QED) is 0.420. The van der Waals surface area contributed by atoms with Crippen molar-refractivity contribution in [2.24, 2.45) is 0 Å². The summed E-state index contributed by atoms with van der Waals surface area (Å²) in [5.41, 5.74) is 0. The number of halogens is 2. The van der Waals surface area contributed by atoms with Crippen molar-refractivity contribution in [2.75, 3.05) is 0 Å². The molecule has 0 bridgehead atoms. The van der Waals surface area contributed by atoms with E-state index in [2.05, 4.69) is 9.46 Å². The van der Waals surface area contributed by atoms with E-state index >= 15 is 0 Å². The molecule has 0 aliphatic rings. The van der Waals surface area contributed by atoms with E-state index < -0.39 is 24.7 Å². The third-order valence-electron chi connectivity index (χ3n) is 1.21. The maximum absolute atomic E-state index is 12.7. The van der Waals surface area contributed by atoms with Crippen molar-refractivity contribution in [3.8, 4) is 5.75 Å². The van der Waals surface area contributed by atoms with Crippen molar-refractivity contribution >= 4 is 7.32 Å². The van der Waals surface area contributed by atoms with Crippen molar-refractivity contribution in [3.05, 3.63) is 29.8 Å². The molecule has 13 heavy (non-hydrogen) atoms. The zero-order valence-corrected chi connectivity index (χ0v) is 6.28. The van der Waals surface area contributed by atoms with Gasteiger partial charge in [0, 0.05) is 6.07 Å². The summed E-state index contributed by atoms with van der Waals surface area (Å²) in [6.45, 7) is 0. The van der Waals surface area contributed by atoms with E-state index in [1.54, 1.807) is 0 Å². The van der Waals surface area contributed by atoms with Gasteiger partial charge in [0.1, 0.15) is 11.6 Å². The van der Waals surface area contributed by atoms with Crippen LogP contribution in [-0.4, -0.2) is 17.6 Å². The summed E-state index contributed by atoms with van der Waals surface area (Å²) in [4.78, 5) is 3.31. The van der Waals surface area contributed by atoms with Crippen molar-refractivity contribution in [1.82, 2.24) is 0 Å². The number of hydrogen-bond donors (Lipinski definition) is 2. The fourth-order valence-electron chi connectivity index (χ4n) is 0.701. The maximum Gasteiger partial charge on any atom is 0.739 e. The van der Waals surface area contributed by atoms with Crippen molar-refractivity contribution in [1.29, 1.82) is 0 Å². The Labute approximate surface area is 72.4 Å². The first-order valence-corrected chi connectivity index (χ1v) is 3.23. The van der Waals surface area contributed by atoms with Crippen molar-refractivity contribution < 1.29 is 28.5 Å². The largest absolute Gasteiger partial charge is 0.739 e. The molecule has 0 aliphatic carbocycles. The van der Waals surface area contributed by atoms with Gasteiger partial charge in [0.05, 0.1) is 0 Å². The lowest BCUT2D eigenvalue weighted by molar-refractivity contribution is -0.171. The normalized spacial score (nSPS) is 9.85. The molecule has 0 saturated heterocycles. The Hall–Kier alpha value is -1.18. The molecule has 7 heteroatoms. The highest BCUT2D eigenvalue weighted by molar-refractivity contribution is 6.35. The average molecular weight is 190 g/mol. The molecular weight excluding hydrogens is 185 g/mol. The van der Waals surface area contributed by atoms with E-state index in [4.69, 9.17) is 10.3 Å². The highest BCUT2D eigenvalue weighted by Crippen LogP contribution is 2.17. The zero-order valence-electron chi connectivity index (χ0n) is 6.28. The number of hydrogen-bond acceptors (Lipinski definition) is 4. The molecule has 1 rings (SSSR count). The molecule has 2 N–H and O–H groups in total. The summed E-state index contributed by atoms with van der Waals surface area (Å²) >= 11 is 0. The third-order valence-corrected chi connectivity index (χ3v) is 1.21.